The highest BCUT2D eigenvalue weighted by Crippen LogP contribution is 2.38. The fourth-order valence-electron chi connectivity index (χ4n) is 5.35. The molecule has 10 nitrogen and oxygen atoms in total. The summed E-state index contributed by atoms with van der Waals surface area (Å²) in [5, 5.41) is 12.8. The van der Waals surface area contributed by atoms with Crippen LogP contribution in [0.4, 0.5) is 0 Å². The van der Waals surface area contributed by atoms with Crippen molar-refractivity contribution in [3.05, 3.63) is 66.0 Å². The van der Waals surface area contributed by atoms with Crippen LogP contribution >= 0.6 is 0 Å². The maximum Gasteiger partial charge on any atom is 0.255 e. The monoisotopic (exact) mass is 530 g/mol. The molecule has 0 saturated carbocycles. The second-order valence-corrected chi connectivity index (χ2v) is 10.4. The van der Waals surface area contributed by atoms with E-state index < -0.39 is 5.41 Å². The molecule has 1 spiro atoms. The minimum atomic E-state index is -0.571. The number of benzene rings is 2. The Morgan fingerprint density at radius 1 is 1.05 bits per heavy atom. The Morgan fingerprint density at radius 3 is 2.67 bits per heavy atom. The summed E-state index contributed by atoms with van der Waals surface area (Å²) in [7, 11) is 0. The van der Waals surface area contributed by atoms with Crippen LogP contribution in [0.1, 0.15) is 59.7 Å². The van der Waals surface area contributed by atoms with Gasteiger partial charge in [0.1, 0.15) is 18.7 Å². The molecule has 10 heteroatoms. The highest BCUT2D eigenvalue weighted by molar-refractivity contribution is 5.97. The number of para-hydroxylation sites is 1. The molecule has 39 heavy (non-hydrogen) atoms. The van der Waals surface area contributed by atoms with E-state index in [0.717, 1.165) is 18.4 Å². The molecule has 0 radical (unpaired) electrons. The van der Waals surface area contributed by atoms with Crippen LogP contribution in [-0.2, 0) is 4.79 Å². The van der Waals surface area contributed by atoms with Crippen molar-refractivity contribution >= 4 is 17.7 Å². The molecule has 1 fully saturated rings. The summed E-state index contributed by atoms with van der Waals surface area (Å²) in [6, 6.07) is 14.2. The third kappa shape index (κ3) is 5.94. The molecule has 3 N–H and O–H groups in total. The van der Waals surface area contributed by atoms with E-state index >= 15 is 0 Å². The summed E-state index contributed by atoms with van der Waals surface area (Å²) in [6.45, 7) is 3.66. The number of piperidine rings is 1. The van der Waals surface area contributed by atoms with Gasteiger partial charge in [-0.2, -0.15) is 5.10 Å². The normalized spacial score (nSPS) is 20.2. The number of ether oxygens (including phenoxy) is 1. The Kier molecular flexibility index (Phi) is 7.90. The molecule has 0 aliphatic carbocycles. The van der Waals surface area contributed by atoms with E-state index in [0.29, 0.717) is 61.6 Å². The highest BCUT2D eigenvalue weighted by Gasteiger charge is 2.42. The number of amides is 3. The largest absolute Gasteiger partial charge is 0.491 e. The molecule has 3 heterocycles. The first kappa shape index (κ1) is 26.4. The van der Waals surface area contributed by atoms with Crippen molar-refractivity contribution in [2.45, 2.75) is 45.1 Å². The van der Waals surface area contributed by atoms with Gasteiger partial charge in [0, 0.05) is 30.8 Å². The molecule has 2 aliphatic heterocycles. The second kappa shape index (κ2) is 11.7. The zero-order chi connectivity index (χ0) is 27.2. The van der Waals surface area contributed by atoms with Crippen LogP contribution in [0.5, 0.6) is 5.75 Å². The third-order valence-corrected chi connectivity index (χ3v) is 7.65. The lowest BCUT2D eigenvalue weighted by molar-refractivity contribution is -0.135. The Hall–Kier alpha value is -4.21. The van der Waals surface area contributed by atoms with E-state index in [1.165, 1.54) is 6.33 Å². The van der Waals surface area contributed by atoms with Crippen molar-refractivity contribution < 1.29 is 19.1 Å². The molecule has 204 valence electrons. The standard InChI is InChI=1S/C29H34N6O4/c1-20-18-39-24-10-3-2-9-23(24)26(36)30-14-5-4-11-29(28(38)33-20)12-15-35(16-13-29)27(37)22-8-6-7-21(17-22)25-31-19-32-34-25/h2-3,6-10,17,19-20H,4-5,11-16,18H2,1H3,(H,30,36)(H,33,38)(H,31,32,34)/t20-/m1/s1. The SMILES string of the molecule is C[C@@H]1COc2ccccc2C(=O)NCCCCC2(CCN(C(=O)c3cccc(-c4ncn[nH]4)c3)CC2)C(=O)N1. The van der Waals surface area contributed by atoms with Crippen LogP contribution in [0.25, 0.3) is 11.4 Å². The Bertz CT molecular complexity index is 1320. The van der Waals surface area contributed by atoms with E-state index in [4.69, 9.17) is 4.74 Å². The maximum absolute atomic E-state index is 13.6. The Labute approximate surface area is 227 Å². The Balaban J connectivity index is 1.27. The first-order chi connectivity index (χ1) is 18.9. The summed E-state index contributed by atoms with van der Waals surface area (Å²) < 4.78 is 5.93. The van der Waals surface area contributed by atoms with E-state index in [-0.39, 0.29) is 30.4 Å². The summed E-state index contributed by atoms with van der Waals surface area (Å²) in [4.78, 5) is 45.7. The van der Waals surface area contributed by atoms with E-state index in [9.17, 15) is 14.4 Å². The lowest BCUT2D eigenvalue weighted by atomic mass is 9.73. The highest BCUT2D eigenvalue weighted by atomic mass is 16.5. The van der Waals surface area contributed by atoms with E-state index in [1.54, 1.807) is 18.2 Å². The fraction of sp³-hybridized carbons (Fsp3) is 0.414. The van der Waals surface area contributed by atoms with Gasteiger partial charge in [-0.15, -0.1) is 0 Å². The van der Waals surface area contributed by atoms with Crippen molar-refractivity contribution in [3.8, 4) is 17.1 Å². The molecule has 3 amide bonds. The van der Waals surface area contributed by atoms with Crippen LogP contribution in [0.3, 0.4) is 0 Å². The summed E-state index contributed by atoms with van der Waals surface area (Å²) >= 11 is 0. The van der Waals surface area contributed by atoms with Gasteiger partial charge in [0.05, 0.1) is 17.0 Å². The first-order valence-corrected chi connectivity index (χ1v) is 13.5. The summed E-state index contributed by atoms with van der Waals surface area (Å²) in [6.07, 6.45) is 4.85. The predicted molar refractivity (Wildman–Crippen MR) is 145 cm³/mol. The third-order valence-electron chi connectivity index (χ3n) is 7.65. The molecule has 2 aromatic carbocycles. The minimum absolute atomic E-state index is 0.00685. The number of likely N-dealkylation sites (tertiary alicyclic amines) is 1. The quantitative estimate of drug-likeness (QED) is 0.467. The van der Waals surface area contributed by atoms with Crippen molar-refractivity contribution in [1.82, 2.24) is 30.7 Å². The van der Waals surface area contributed by atoms with Crippen molar-refractivity contribution in [3.63, 3.8) is 0 Å². The lowest BCUT2D eigenvalue weighted by Crippen LogP contribution is -2.52. The van der Waals surface area contributed by atoms with Crippen molar-refractivity contribution in [1.29, 1.82) is 0 Å². The smallest absolute Gasteiger partial charge is 0.255 e. The van der Waals surface area contributed by atoms with Crippen LogP contribution < -0.4 is 15.4 Å². The lowest BCUT2D eigenvalue weighted by Gasteiger charge is -2.41. The molecule has 5 rings (SSSR count). The molecular formula is C29H34N6O4. The number of rotatable bonds is 2. The number of nitrogens with one attached hydrogen (secondary N) is 3. The number of carbonyl (C=O) groups excluding carboxylic acids is 3. The van der Waals surface area contributed by atoms with E-state index in [2.05, 4.69) is 25.8 Å². The number of fused-ring (bicyclic) bond motifs is 1. The van der Waals surface area contributed by atoms with Crippen molar-refractivity contribution in [2.24, 2.45) is 5.41 Å². The molecule has 1 aromatic heterocycles. The van der Waals surface area contributed by atoms with Gasteiger partial charge in [-0.3, -0.25) is 19.5 Å². The zero-order valence-corrected chi connectivity index (χ0v) is 22.1. The molecule has 0 unspecified atom stereocenters. The number of aromatic nitrogens is 3. The number of carbonyl (C=O) groups is 3. The first-order valence-electron chi connectivity index (χ1n) is 13.5. The van der Waals surface area contributed by atoms with E-state index in [1.807, 2.05) is 42.2 Å². The number of hydrogen-bond acceptors (Lipinski definition) is 6. The molecule has 0 bridgehead atoms. The molecular weight excluding hydrogens is 496 g/mol. The fourth-order valence-corrected chi connectivity index (χ4v) is 5.35. The van der Waals surface area contributed by atoms with Gasteiger partial charge in [-0.25, -0.2) is 4.98 Å². The number of H-pyrrole nitrogens is 1. The minimum Gasteiger partial charge on any atom is -0.491 e. The average Bonchev–Trinajstić information content (AvgIpc) is 3.51. The van der Waals surface area contributed by atoms with Crippen LogP contribution in [0, 0.1) is 5.41 Å². The number of nitrogens with zero attached hydrogens (tertiary/aromatic N) is 3. The van der Waals surface area contributed by atoms with Gasteiger partial charge < -0.3 is 20.3 Å². The van der Waals surface area contributed by atoms with Crippen LogP contribution in [0.2, 0.25) is 0 Å². The van der Waals surface area contributed by atoms with Gasteiger partial charge >= 0.3 is 0 Å². The van der Waals surface area contributed by atoms with Crippen molar-refractivity contribution in [2.75, 3.05) is 26.2 Å². The number of aromatic amines is 1. The van der Waals surface area contributed by atoms with Gasteiger partial charge in [-0.1, -0.05) is 30.7 Å². The number of hydrogen-bond donors (Lipinski definition) is 3. The van der Waals surface area contributed by atoms with Gasteiger partial charge in [-0.05, 0) is 56.9 Å². The summed E-state index contributed by atoms with van der Waals surface area (Å²) in [5.41, 5.74) is 1.30. The van der Waals surface area contributed by atoms with Gasteiger partial charge in [0.2, 0.25) is 5.91 Å². The average molecular weight is 531 g/mol. The zero-order valence-electron chi connectivity index (χ0n) is 22.1. The van der Waals surface area contributed by atoms with Gasteiger partial charge in [0.15, 0.2) is 5.82 Å². The topological polar surface area (TPSA) is 129 Å². The predicted octanol–water partition coefficient (Wildman–Crippen LogP) is 3.19. The maximum atomic E-state index is 13.6. The molecule has 2 aliphatic rings. The van der Waals surface area contributed by atoms with Gasteiger partial charge in [0.25, 0.3) is 11.8 Å². The van der Waals surface area contributed by atoms with Crippen LogP contribution in [-0.4, -0.2) is 70.1 Å². The molecule has 1 saturated heterocycles. The van der Waals surface area contributed by atoms with Crippen LogP contribution in [0.15, 0.2) is 54.9 Å². The Morgan fingerprint density at radius 2 is 1.87 bits per heavy atom. The summed E-state index contributed by atoms with van der Waals surface area (Å²) in [5.74, 6) is 0.898. The second-order valence-electron chi connectivity index (χ2n) is 10.4. The molecule has 1 atom stereocenters. The molecule has 3 aromatic rings.